The van der Waals surface area contributed by atoms with Crippen LogP contribution in [-0.4, -0.2) is 75.9 Å². The van der Waals surface area contributed by atoms with Gasteiger partial charge in [0.1, 0.15) is 18.1 Å². The Morgan fingerprint density at radius 1 is 0.975 bits per heavy atom. The number of aromatic amines is 1. The van der Waals surface area contributed by atoms with Crippen LogP contribution in [0.5, 0.6) is 0 Å². The minimum atomic E-state index is -1.36. The van der Waals surface area contributed by atoms with E-state index in [1.807, 2.05) is 44.4 Å². The lowest BCUT2D eigenvalue weighted by Gasteiger charge is -2.26. The Bertz CT molecular complexity index is 1190. The van der Waals surface area contributed by atoms with Gasteiger partial charge in [-0.15, -0.1) is 0 Å². The molecule has 2 rings (SSSR count). The Kier molecular flexibility index (Phi) is 12.9. The third-order valence-electron chi connectivity index (χ3n) is 6.83. The van der Waals surface area contributed by atoms with E-state index >= 15 is 0 Å². The summed E-state index contributed by atoms with van der Waals surface area (Å²) in [6, 6.07) is 3.21. The van der Waals surface area contributed by atoms with Gasteiger partial charge in [0.15, 0.2) is 0 Å². The molecule has 220 valence electrons. The second kappa shape index (κ2) is 15.9. The van der Waals surface area contributed by atoms with E-state index in [4.69, 9.17) is 11.5 Å². The van der Waals surface area contributed by atoms with Crippen molar-refractivity contribution in [1.29, 1.82) is 0 Å². The van der Waals surface area contributed by atoms with Gasteiger partial charge < -0.3 is 37.5 Å². The average molecular weight is 577 g/mol. The van der Waals surface area contributed by atoms with Crippen molar-refractivity contribution in [2.24, 2.45) is 17.4 Å². The molecule has 0 saturated carbocycles. The number of rotatable bonds is 17. The molecule has 0 spiro atoms. The largest absolute Gasteiger partial charge is 0.480 e. The van der Waals surface area contributed by atoms with E-state index in [0.717, 1.165) is 16.5 Å². The summed E-state index contributed by atoms with van der Waals surface area (Å²) in [5, 5.41) is 18.2. The number of para-hydroxylation sites is 1. The van der Waals surface area contributed by atoms with E-state index in [2.05, 4.69) is 20.9 Å². The van der Waals surface area contributed by atoms with Crippen molar-refractivity contribution in [1.82, 2.24) is 20.9 Å². The van der Waals surface area contributed by atoms with E-state index < -0.39 is 53.8 Å². The number of carbonyl (C=O) groups excluding carboxylic acids is 4. The van der Waals surface area contributed by atoms with Crippen LogP contribution in [0.3, 0.4) is 0 Å². The standard InChI is InChI=1S/C27H40N6O6S/c1-4-15(2)23(29)26(37)33-21(13-16-14-30-18-8-6-5-7-17(16)18)25(36)31-19(11-12-40-3)24(35)32-20(27(38)39)9-10-22(28)34/h5-8,14-15,19-21,23,30H,4,9-13,29H2,1-3H3,(H2,28,34)(H,31,36)(H,32,35)(H,33,37)(H,38,39). The second-order valence-corrected chi connectivity index (χ2v) is 10.8. The molecule has 0 fully saturated rings. The SMILES string of the molecule is CCC(C)C(N)C(=O)NC(Cc1c[nH]c2ccccc12)C(=O)NC(CCSC)C(=O)NC(CCC(N)=O)C(=O)O. The summed E-state index contributed by atoms with van der Waals surface area (Å²) in [6.07, 6.45) is 4.19. The third kappa shape index (κ3) is 9.56. The summed E-state index contributed by atoms with van der Waals surface area (Å²) < 4.78 is 0. The zero-order chi connectivity index (χ0) is 29.8. The maximum atomic E-state index is 13.6. The summed E-state index contributed by atoms with van der Waals surface area (Å²) in [5.41, 5.74) is 12.9. The van der Waals surface area contributed by atoms with Crippen LogP contribution in [0.4, 0.5) is 0 Å². The maximum Gasteiger partial charge on any atom is 0.326 e. The lowest BCUT2D eigenvalue weighted by Crippen LogP contribution is -2.58. The van der Waals surface area contributed by atoms with Crippen molar-refractivity contribution >= 4 is 52.3 Å². The quantitative estimate of drug-likeness (QED) is 0.142. The van der Waals surface area contributed by atoms with Gasteiger partial charge in [0.2, 0.25) is 23.6 Å². The van der Waals surface area contributed by atoms with Crippen molar-refractivity contribution in [3.05, 3.63) is 36.0 Å². The van der Waals surface area contributed by atoms with Crippen molar-refractivity contribution in [3.63, 3.8) is 0 Å². The number of nitrogens with two attached hydrogens (primary N) is 2. The highest BCUT2D eigenvalue weighted by molar-refractivity contribution is 7.98. The van der Waals surface area contributed by atoms with Gasteiger partial charge in [-0.25, -0.2) is 4.79 Å². The molecule has 5 atom stereocenters. The Labute approximate surface area is 237 Å². The Morgan fingerprint density at radius 2 is 1.60 bits per heavy atom. The molecule has 0 radical (unpaired) electrons. The van der Waals surface area contributed by atoms with Gasteiger partial charge in [-0.1, -0.05) is 38.5 Å². The number of carboxylic acid groups (broad SMARTS) is 1. The number of carbonyl (C=O) groups is 5. The molecule has 1 aromatic carbocycles. The van der Waals surface area contributed by atoms with Gasteiger partial charge in [-0.05, 0) is 42.4 Å². The molecule has 12 nitrogen and oxygen atoms in total. The van der Waals surface area contributed by atoms with Crippen LogP contribution < -0.4 is 27.4 Å². The molecule has 40 heavy (non-hydrogen) atoms. The van der Waals surface area contributed by atoms with Crippen LogP contribution in [0.1, 0.15) is 45.1 Å². The fourth-order valence-corrected chi connectivity index (χ4v) is 4.57. The maximum absolute atomic E-state index is 13.6. The molecule has 4 amide bonds. The predicted octanol–water partition coefficient (Wildman–Crippen LogP) is 0.641. The van der Waals surface area contributed by atoms with Crippen LogP contribution >= 0.6 is 11.8 Å². The number of H-pyrrole nitrogens is 1. The van der Waals surface area contributed by atoms with Gasteiger partial charge in [-0.3, -0.25) is 19.2 Å². The second-order valence-electron chi connectivity index (χ2n) is 9.78. The summed E-state index contributed by atoms with van der Waals surface area (Å²) in [4.78, 5) is 65.6. The number of amides is 4. The van der Waals surface area contributed by atoms with Crippen molar-refractivity contribution in [2.75, 3.05) is 12.0 Å². The first-order chi connectivity index (χ1) is 19.0. The minimum Gasteiger partial charge on any atom is -0.480 e. The van der Waals surface area contributed by atoms with Crippen molar-refractivity contribution in [3.8, 4) is 0 Å². The summed E-state index contributed by atoms with van der Waals surface area (Å²) in [5.74, 6) is -3.46. The number of carboxylic acids is 1. The predicted molar refractivity (Wildman–Crippen MR) is 154 cm³/mol. The monoisotopic (exact) mass is 576 g/mol. The molecule has 0 aliphatic rings. The van der Waals surface area contributed by atoms with E-state index in [-0.39, 0.29) is 31.6 Å². The van der Waals surface area contributed by atoms with Crippen molar-refractivity contribution < 1.29 is 29.1 Å². The molecule has 5 unspecified atom stereocenters. The molecule has 9 N–H and O–H groups in total. The van der Waals surface area contributed by atoms with E-state index in [9.17, 15) is 29.1 Å². The normalized spacial score (nSPS) is 14.9. The van der Waals surface area contributed by atoms with E-state index in [0.29, 0.717) is 12.2 Å². The molecular formula is C27H40N6O6S. The number of hydrogen-bond acceptors (Lipinski definition) is 7. The highest BCUT2D eigenvalue weighted by atomic mass is 32.2. The number of aromatic nitrogens is 1. The lowest BCUT2D eigenvalue weighted by atomic mass is 9.98. The molecular weight excluding hydrogens is 536 g/mol. The number of fused-ring (bicyclic) bond motifs is 1. The van der Waals surface area contributed by atoms with Crippen LogP contribution in [0, 0.1) is 5.92 Å². The third-order valence-corrected chi connectivity index (χ3v) is 7.47. The fourth-order valence-electron chi connectivity index (χ4n) is 4.10. The minimum absolute atomic E-state index is 0.120. The fraction of sp³-hybridized carbons (Fsp3) is 0.519. The molecule has 13 heteroatoms. The van der Waals surface area contributed by atoms with E-state index in [1.54, 1.807) is 6.20 Å². The van der Waals surface area contributed by atoms with Crippen molar-refractivity contribution in [2.45, 2.75) is 70.1 Å². The Morgan fingerprint density at radius 3 is 2.23 bits per heavy atom. The summed E-state index contributed by atoms with van der Waals surface area (Å²) in [7, 11) is 0. The molecule has 0 aliphatic heterocycles. The molecule has 1 heterocycles. The molecule has 0 saturated heterocycles. The van der Waals surface area contributed by atoms with Gasteiger partial charge in [0, 0.05) is 29.9 Å². The number of aliphatic carboxylic acids is 1. The van der Waals surface area contributed by atoms with E-state index in [1.165, 1.54) is 11.8 Å². The first-order valence-corrected chi connectivity index (χ1v) is 14.6. The molecule has 2 aromatic rings. The lowest BCUT2D eigenvalue weighted by molar-refractivity contribution is -0.142. The first kappa shape index (κ1) is 32.6. The van der Waals surface area contributed by atoms with Crippen LogP contribution in [0.15, 0.2) is 30.5 Å². The topological polar surface area (TPSA) is 209 Å². The molecule has 1 aromatic heterocycles. The Balaban J connectivity index is 2.29. The average Bonchev–Trinajstić information content (AvgIpc) is 3.33. The highest BCUT2D eigenvalue weighted by Gasteiger charge is 2.31. The number of hydrogen-bond donors (Lipinski definition) is 7. The van der Waals surface area contributed by atoms with Crippen LogP contribution in [0.25, 0.3) is 10.9 Å². The zero-order valence-corrected chi connectivity index (χ0v) is 23.9. The first-order valence-electron chi connectivity index (χ1n) is 13.2. The zero-order valence-electron chi connectivity index (χ0n) is 23.1. The van der Waals surface area contributed by atoms with Gasteiger partial charge >= 0.3 is 5.97 Å². The molecule has 0 bridgehead atoms. The van der Waals surface area contributed by atoms with Crippen LogP contribution in [-0.2, 0) is 30.4 Å². The number of thioether (sulfide) groups is 1. The highest BCUT2D eigenvalue weighted by Crippen LogP contribution is 2.19. The van der Waals surface area contributed by atoms with Gasteiger partial charge in [0.25, 0.3) is 0 Å². The number of benzene rings is 1. The number of primary amides is 1. The Hall–Kier alpha value is -3.58. The van der Waals surface area contributed by atoms with Gasteiger partial charge in [0.05, 0.1) is 6.04 Å². The van der Waals surface area contributed by atoms with Crippen LogP contribution in [0.2, 0.25) is 0 Å². The van der Waals surface area contributed by atoms with Gasteiger partial charge in [-0.2, -0.15) is 11.8 Å². The summed E-state index contributed by atoms with van der Waals surface area (Å²) >= 11 is 1.45. The number of nitrogens with one attached hydrogen (secondary N) is 4. The smallest absolute Gasteiger partial charge is 0.326 e. The molecule has 0 aliphatic carbocycles. The summed E-state index contributed by atoms with van der Waals surface area (Å²) in [6.45, 7) is 3.76.